The van der Waals surface area contributed by atoms with Gasteiger partial charge in [0, 0.05) is 11.6 Å². The van der Waals surface area contributed by atoms with Gasteiger partial charge in [0.2, 0.25) is 5.88 Å². The van der Waals surface area contributed by atoms with Crippen molar-refractivity contribution in [3.8, 4) is 5.88 Å². The lowest BCUT2D eigenvalue weighted by molar-refractivity contribution is 0.00578. The van der Waals surface area contributed by atoms with Crippen LogP contribution in [0.3, 0.4) is 0 Å². The van der Waals surface area contributed by atoms with Crippen molar-refractivity contribution in [2.75, 3.05) is 7.11 Å². The smallest absolute Gasteiger partial charge is 0.481 e. The van der Waals surface area contributed by atoms with Gasteiger partial charge in [0.15, 0.2) is 6.29 Å². The lowest BCUT2D eigenvalue weighted by Crippen LogP contribution is -2.41. The first kappa shape index (κ1) is 15.7. The van der Waals surface area contributed by atoms with Gasteiger partial charge in [-0.1, -0.05) is 12.1 Å². The van der Waals surface area contributed by atoms with E-state index in [9.17, 15) is 4.79 Å². The summed E-state index contributed by atoms with van der Waals surface area (Å²) in [6, 6.07) is 3.48. The molecule has 1 aromatic heterocycles. The molecule has 1 fully saturated rings. The second-order valence-corrected chi connectivity index (χ2v) is 5.93. The Labute approximate surface area is 125 Å². The van der Waals surface area contributed by atoms with Crippen molar-refractivity contribution in [2.45, 2.75) is 38.9 Å². The van der Waals surface area contributed by atoms with Crippen molar-refractivity contribution in [3.05, 3.63) is 29.4 Å². The van der Waals surface area contributed by atoms with E-state index in [1.807, 2.05) is 27.7 Å². The van der Waals surface area contributed by atoms with Crippen molar-refractivity contribution in [1.29, 1.82) is 0 Å². The number of pyridine rings is 1. The van der Waals surface area contributed by atoms with Gasteiger partial charge in [-0.15, -0.1) is 0 Å². The van der Waals surface area contributed by atoms with Crippen LogP contribution in [-0.2, 0) is 9.31 Å². The first-order valence-electron chi connectivity index (χ1n) is 6.83. The summed E-state index contributed by atoms with van der Waals surface area (Å²) in [7, 11) is 1.06. The van der Waals surface area contributed by atoms with E-state index in [0.717, 1.165) is 0 Å². The summed E-state index contributed by atoms with van der Waals surface area (Å²) in [6.07, 6.45) is 2.48. The van der Waals surface area contributed by atoms with Crippen LogP contribution in [0.25, 0.3) is 6.08 Å². The van der Waals surface area contributed by atoms with Crippen LogP contribution in [0.2, 0.25) is 0 Å². The minimum absolute atomic E-state index is 0.321. The number of carbonyl (C=O) groups is 1. The van der Waals surface area contributed by atoms with E-state index in [1.54, 1.807) is 24.2 Å². The van der Waals surface area contributed by atoms with Crippen LogP contribution in [0.4, 0.5) is 0 Å². The fourth-order valence-corrected chi connectivity index (χ4v) is 1.97. The Balaban J connectivity index is 2.18. The molecule has 0 saturated carbocycles. The maximum atomic E-state index is 11.1. The molecular formula is C15H20BNO4. The van der Waals surface area contributed by atoms with E-state index in [0.29, 0.717) is 23.4 Å². The highest BCUT2D eigenvalue weighted by molar-refractivity contribution is 6.52. The van der Waals surface area contributed by atoms with Crippen LogP contribution in [0.5, 0.6) is 5.88 Å². The fraction of sp³-hybridized carbons (Fsp3) is 0.467. The molecule has 0 aromatic carbocycles. The standard InChI is InChI=1S/C15H20BNO4/c1-14(2)15(3,4)21-16(20-14)9-8-11-6-7-13(19-5)17-12(11)10-18/h6-10H,1-5H3/b9-8+. The lowest BCUT2D eigenvalue weighted by atomic mass is 9.89. The number of ether oxygens (including phenoxy) is 1. The minimum Gasteiger partial charge on any atom is -0.481 e. The number of rotatable bonds is 4. The van der Waals surface area contributed by atoms with E-state index in [-0.39, 0.29) is 11.2 Å². The Morgan fingerprint density at radius 3 is 2.33 bits per heavy atom. The maximum Gasteiger partial charge on any atom is 0.487 e. The molecule has 1 saturated heterocycles. The topological polar surface area (TPSA) is 57.7 Å². The zero-order valence-corrected chi connectivity index (χ0v) is 13.0. The van der Waals surface area contributed by atoms with Crippen LogP contribution in [0.1, 0.15) is 43.7 Å². The molecule has 0 spiro atoms. The van der Waals surface area contributed by atoms with Crippen molar-refractivity contribution in [1.82, 2.24) is 4.98 Å². The largest absolute Gasteiger partial charge is 0.487 e. The van der Waals surface area contributed by atoms with E-state index in [4.69, 9.17) is 14.0 Å². The third kappa shape index (κ3) is 3.17. The highest BCUT2D eigenvalue weighted by Gasteiger charge is 2.49. The monoisotopic (exact) mass is 289 g/mol. The first-order valence-corrected chi connectivity index (χ1v) is 6.83. The first-order chi connectivity index (χ1) is 9.79. The quantitative estimate of drug-likeness (QED) is 0.629. The van der Waals surface area contributed by atoms with Gasteiger partial charge >= 0.3 is 7.12 Å². The molecule has 112 valence electrons. The van der Waals surface area contributed by atoms with Gasteiger partial charge in [0.1, 0.15) is 5.69 Å². The van der Waals surface area contributed by atoms with Crippen molar-refractivity contribution < 1.29 is 18.8 Å². The average Bonchev–Trinajstić information content (AvgIpc) is 2.64. The summed E-state index contributed by atoms with van der Waals surface area (Å²) in [4.78, 5) is 15.2. The Morgan fingerprint density at radius 2 is 1.81 bits per heavy atom. The number of aromatic nitrogens is 1. The van der Waals surface area contributed by atoms with E-state index < -0.39 is 7.12 Å². The van der Waals surface area contributed by atoms with Gasteiger partial charge in [0.25, 0.3) is 0 Å². The van der Waals surface area contributed by atoms with Crippen LogP contribution >= 0.6 is 0 Å². The van der Waals surface area contributed by atoms with E-state index in [2.05, 4.69) is 4.98 Å². The van der Waals surface area contributed by atoms with Gasteiger partial charge in [-0.2, -0.15) is 0 Å². The van der Waals surface area contributed by atoms with E-state index in [1.165, 1.54) is 7.11 Å². The number of nitrogens with zero attached hydrogens (tertiary/aromatic N) is 1. The maximum absolute atomic E-state index is 11.1. The average molecular weight is 289 g/mol. The van der Waals surface area contributed by atoms with Crippen molar-refractivity contribution in [3.63, 3.8) is 0 Å². The predicted octanol–water partition coefficient (Wildman–Crippen LogP) is 2.55. The molecule has 2 heterocycles. The van der Waals surface area contributed by atoms with Gasteiger partial charge in [-0.25, -0.2) is 4.98 Å². The van der Waals surface area contributed by atoms with Crippen molar-refractivity contribution in [2.24, 2.45) is 0 Å². The Hall–Kier alpha value is -1.66. The second kappa shape index (κ2) is 5.62. The van der Waals surface area contributed by atoms with Gasteiger partial charge in [-0.3, -0.25) is 4.79 Å². The van der Waals surface area contributed by atoms with Crippen LogP contribution in [0, 0.1) is 0 Å². The summed E-state index contributed by atoms with van der Waals surface area (Å²) in [5.41, 5.74) is 0.254. The molecule has 0 bridgehead atoms. The molecule has 0 amide bonds. The fourth-order valence-electron chi connectivity index (χ4n) is 1.97. The molecule has 0 N–H and O–H groups in total. The molecule has 21 heavy (non-hydrogen) atoms. The van der Waals surface area contributed by atoms with Gasteiger partial charge in [-0.05, 0) is 33.8 Å². The molecule has 5 nitrogen and oxygen atoms in total. The zero-order chi connectivity index (χ0) is 15.7. The van der Waals surface area contributed by atoms with Crippen LogP contribution < -0.4 is 4.74 Å². The molecule has 0 unspecified atom stereocenters. The molecular weight excluding hydrogens is 269 g/mol. The molecule has 1 aliphatic rings. The van der Waals surface area contributed by atoms with E-state index >= 15 is 0 Å². The Kier molecular flexibility index (Phi) is 4.21. The molecule has 0 aliphatic carbocycles. The summed E-state index contributed by atoms with van der Waals surface area (Å²) < 4.78 is 16.7. The predicted molar refractivity (Wildman–Crippen MR) is 81.3 cm³/mol. The van der Waals surface area contributed by atoms with Gasteiger partial charge < -0.3 is 14.0 Å². The number of methoxy groups -OCH3 is 1. The third-order valence-electron chi connectivity index (χ3n) is 3.96. The molecule has 0 radical (unpaired) electrons. The summed E-state index contributed by atoms with van der Waals surface area (Å²) >= 11 is 0. The zero-order valence-electron chi connectivity index (χ0n) is 13.0. The third-order valence-corrected chi connectivity index (χ3v) is 3.96. The molecule has 6 heteroatoms. The number of hydrogen-bond donors (Lipinski definition) is 0. The SMILES string of the molecule is COc1ccc(/C=C/B2OC(C)(C)C(C)(C)O2)c(C=O)n1. The summed E-state index contributed by atoms with van der Waals surface area (Å²) in [5, 5.41) is 0. The summed E-state index contributed by atoms with van der Waals surface area (Å²) in [5.74, 6) is 2.19. The Morgan fingerprint density at radius 1 is 1.19 bits per heavy atom. The minimum atomic E-state index is -0.448. The molecule has 2 rings (SSSR count). The van der Waals surface area contributed by atoms with Crippen LogP contribution in [-0.4, -0.2) is 36.7 Å². The normalized spacial score (nSPS) is 20.0. The van der Waals surface area contributed by atoms with Crippen molar-refractivity contribution >= 4 is 19.5 Å². The molecule has 1 aliphatic heterocycles. The summed E-state index contributed by atoms with van der Waals surface area (Å²) in [6.45, 7) is 7.97. The number of hydrogen-bond acceptors (Lipinski definition) is 5. The highest BCUT2D eigenvalue weighted by Crippen LogP contribution is 2.37. The van der Waals surface area contributed by atoms with Crippen LogP contribution in [0.15, 0.2) is 18.1 Å². The molecule has 1 aromatic rings. The lowest BCUT2D eigenvalue weighted by Gasteiger charge is -2.32. The second-order valence-electron chi connectivity index (χ2n) is 5.93. The molecule has 0 atom stereocenters. The highest BCUT2D eigenvalue weighted by atomic mass is 16.7. The van der Waals surface area contributed by atoms with Gasteiger partial charge in [0.05, 0.1) is 18.3 Å². The number of carbonyl (C=O) groups excluding carboxylic acids is 1. The number of aldehydes is 1. The Bertz CT molecular complexity index is 553.